The molecule has 2 unspecified atom stereocenters. The van der Waals surface area contributed by atoms with Crippen LogP contribution in [0, 0.1) is 11.3 Å². The van der Waals surface area contributed by atoms with Gasteiger partial charge in [-0.05, 0) is 43.9 Å². The molecule has 0 aromatic heterocycles. The Hall–Kier alpha value is -1.24. The van der Waals surface area contributed by atoms with Crippen LogP contribution in [-0.4, -0.2) is 25.2 Å². The summed E-state index contributed by atoms with van der Waals surface area (Å²) >= 11 is 6.08. The van der Waals surface area contributed by atoms with Gasteiger partial charge in [-0.15, -0.1) is 0 Å². The second kappa shape index (κ2) is 5.03. The molecule has 2 heterocycles. The number of fused-ring (bicyclic) bond motifs is 2. The number of anilines is 1. The minimum Gasteiger partial charge on any atom is -0.370 e. The maximum Gasteiger partial charge on any atom is 0.101 e. The summed E-state index contributed by atoms with van der Waals surface area (Å²) in [6, 6.07) is 9.56. The third kappa shape index (κ3) is 2.43. The number of hydrogen-bond donors (Lipinski definition) is 1. The van der Waals surface area contributed by atoms with Crippen molar-refractivity contribution >= 4 is 17.3 Å². The van der Waals surface area contributed by atoms with Crippen molar-refractivity contribution < 1.29 is 0 Å². The molecule has 2 aliphatic rings. The van der Waals surface area contributed by atoms with E-state index in [9.17, 15) is 5.26 Å². The lowest BCUT2D eigenvalue weighted by molar-refractivity contribution is 0.355. The molecule has 19 heavy (non-hydrogen) atoms. The number of nitriles is 1. The van der Waals surface area contributed by atoms with Gasteiger partial charge in [0.1, 0.15) is 6.07 Å². The number of nitrogens with one attached hydrogen (secondary N) is 1. The van der Waals surface area contributed by atoms with E-state index in [0.717, 1.165) is 18.5 Å². The van der Waals surface area contributed by atoms with Crippen LogP contribution in [0.1, 0.15) is 31.2 Å². The first-order valence-corrected chi connectivity index (χ1v) is 7.23. The first-order chi connectivity index (χ1) is 9.17. The molecule has 2 aliphatic heterocycles. The summed E-state index contributed by atoms with van der Waals surface area (Å²) in [4.78, 5) is 2.25. The van der Waals surface area contributed by atoms with E-state index in [4.69, 9.17) is 11.6 Å². The van der Waals surface area contributed by atoms with Gasteiger partial charge in [-0.25, -0.2) is 0 Å². The molecule has 100 valence electrons. The van der Waals surface area contributed by atoms with Gasteiger partial charge in [0.25, 0.3) is 0 Å². The molecular weight excluding hydrogens is 258 g/mol. The molecule has 2 saturated heterocycles. The standard InChI is InChI=1S/C15H18ClN3/c1-19(14-7-12-4-5-13(8-14)18-12)15-6-11(16)3-2-10(15)9-17/h2-3,6,12-14,18H,4-5,7-8H2,1H3. The predicted octanol–water partition coefficient (Wildman–Crippen LogP) is 2.93. The highest BCUT2D eigenvalue weighted by Gasteiger charge is 2.35. The molecule has 0 aliphatic carbocycles. The van der Waals surface area contributed by atoms with Crippen LogP contribution in [0.3, 0.4) is 0 Å². The smallest absolute Gasteiger partial charge is 0.101 e. The molecule has 0 amide bonds. The summed E-state index contributed by atoms with van der Waals surface area (Å²) in [5.74, 6) is 0. The van der Waals surface area contributed by atoms with Gasteiger partial charge in [-0.2, -0.15) is 5.26 Å². The molecule has 4 heteroatoms. The summed E-state index contributed by atoms with van der Waals surface area (Å²) in [5, 5.41) is 13.6. The van der Waals surface area contributed by atoms with Gasteiger partial charge in [-0.1, -0.05) is 11.6 Å². The van der Waals surface area contributed by atoms with Crippen molar-refractivity contribution in [2.24, 2.45) is 0 Å². The highest BCUT2D eigenvalue weighted by molar-refractivity contribution is 6.30. The van der Waals surface area contributed by atoms with Crippen molar-refractivity contribution in [3.8, 4) is 6.07 Å². The zero-order chi connectivity index (χ0) is 13.4. The van der Waals surface area contributed by atoms with Crippen LogP contribution < -0.4 is 10.2 Å². The van der Waals surface area contributed by atoms with Crippen molar-refractivity contribution in [1.82, 2.24) is 5.32 Å². The Kier molecular flexibility index (Phi) is 3.38. The second-order valence-electron chi connectivity index (χ2n) is 5.65. The maximum atomic E-state index is 9.24. The molecule has 3 nitrogen and oxygen atoms in total. The molecule has 1 aromatic rings. The Morgan fingerprint density at radius 3 is 2.63 bits per heavy atom. The van der Waals surface area contributed by atoms with Gasteiger partial charge >= 0.3 is 0 Å². The number of rotatable bonds is 2. The topological polar surface area (TPSA) is 39.1 Å². The molecule has 2 atom stereocenters. The lowest BCUT2D eigenvalue weighted by atomic mass is 9.97. The van der Waals surface area contributed by atoms with E-state index >= 15 is 0 Å². The van der Waals surface area contributed by atoms with E-state index in [1.807, 2.05) is 12.1 Å². The minimum atomic E-state index is 0.504. The van der Waals surface area contributed by atoms with Crippen molar-refractivity contribution in [3.63, 3.8) is 0 Å². The highest BCUT2D eigenvalue weighted by Crippen LogP contribution is 2.33. The highest BCUT2D eigenvalue weighted by atomic mass is 35.5. The lowest BCUT2D eigenvalue weighted by Gasteiger charge is -2.37. The summed E-state index contributed by atoms with van der Waals surface area (Å²) in [7, 11) is 2.09. The second-order valence-corrected chi connectivity index (χ2v) is 6.08. The van der Waals surface area contributed by atoms with Crippen LogP contribution in [0.25, 0.3) is 0 Å². The van der Waals surface area contributed by atoms with E-state index in [-0.39, 0.29) is 0 Å². The maximum absolute atomic E-state index is 9.24. The van der Waals surface area contributed by atoms with Gasteiger partial charge in [-0.3, -0.25) is 0 Å². The minimum absolute atomic E-state index is 0.504. The fourth-order valence-corrected chi connectivity index (χ4v) is 3.60. The lowest BCUT2D eigenvalue weighted by Crippen LogP contribution is -2.47. The van der Waals surface area contributed by atoms with Gasteiger partial charge in [0, 0.05) is 30.2 Å². The van der Waals surface area contributed by atoms with Crippen LogP contribution in [-0.2, 0) is 0 Å². The molecule has 2 fully saturated rings. The van der Waals surface area contributed by atoms with E-state index in [1.165, 1.54) is 12.8 Å². The van der Waals surface area contributed by atoms with Crippen LogP contribution in [0.5, 0.6) is 0 Å². The fourth-order valence-electron chi connectivity index (χ4n) is 3.43. The third-order valence-corrected chi connectivity index (χ3v) is 4.69. The number of hydrogen-bond acceptors (Lipinski definition) is 3. The number of benzene rings is 1. The average Bonchev–Trinajstić information content (AvgIpc) is 2.76. The van der Waals surface area contributed by atoms with Crippen LogP contribution >= 0.6 is 11.6 Å². The Bertz CT molecular complexity index is 511. The number of halogens is 1. The van der Waals surface area contributed by atoms with E-state index in [0.29, 0.717) is 28.7 Å². The van der Waals surface area contributed by atoms with E-state index in [1.54, 1.807) is 6.07 Å². The van der Waals surface area contributed by atoms with E-state index < -0.39 is 0 Å². The van der Waals surface area contributed by atoms with Crippen molar-refractivity contribution in [2.45, 2.75) is 43.8 Å². The Morgan fingerprint density at radius 2 is 2.00 bits per heavy atom. The largest absolute Gasteiger partial charge is 0.370 e. The molecule has 0 saturated carbocycles. The molecule has 2 bridgehead atoms. The van der Waals surface area contributed by atoms with Crippen molar-refractivity contribution in [3.05, 3.63) is 28.8 Å². The predicted molar refractivity (Wildman–Crippen MR) is 77.5 cm³/mol. The van der Waals surface area contributed by atoms with Gasteiger partial charge in [0.2, 0.25) is 0 Å². The molecule has 1 N–H and O–H groups in total. The quantitative estimate of drug-likeness (QED) is 0.902. The zero-order valence-electron chi connectivity index (χ0n) is 11.1. The molecule has 1 aromatic carbocycles. The van der Waals surface area contributed by atoms with Gasteiger partial charge < -0.3 is 10.2 Å². The van der Waals surface area contributed by atoms with Gasteiger partial charge in [0.15, 0.2) is 0 Å². The third-order valence-electron chi connectivity index (χ3n) is 4.46. The first-order valence-electron chi connectivity index (χ1n) is 6.86. The summed E-state index contributed by atoms with van der Waals surface area (Å²) in [5.41, 5.74) is 1.67. The number of nitrogens with zero attached hydrogens (tertiary/aromatic N) is 2. The van der Waals surface area contributed by atoms with Gasteiger partial charge in [0.05, 0.1) is 11.3 Å². The van der Waals surface area contributed by atoms with E-state index in [2.05, 4.69) is 23.3 Å². The normalized spacial score (nSPS) is 29.0. The summed E-state index contributed by atoms with van der Waals surface area (Å²) < 4.78 is 0. The van der Waals surface area contributed by atoms with Crippen LogP contribution in [0.2, 0.25) is 5.02 Å². The average molecular weight is 276 g/mol. The van der Waals surface area contributed by atoms with Crippen molar-refractivity contribution in [1.29, 1.82) is 5.26 Å². The van der Waals surface area contributed by atoms with Crippen LogP contribution in [0.4, 0.5) is 5.69 Å². The first kappa shape index (κ1) is 12.8. The zero-order valence-corrected chi connectivity index (χ0v) is 11.8. The molecular formula is C15H18ClN3. The number of piperidine rings is 1. The SMILES string of the molecule is CN(c1cc(Cl)ccc1C#N)C1CC2CCC(C1)N2. The Labute approximate surface area is 119 Å². The molecule has 3 rings (SSSR count). The summed E-state index contributed by atoms with van der Waals surface area (Å²) in [6.07, 6.45) is 4.89. The molecule has 0 radical (unpaired) electrons. The summed E-state index contributed by atoms with van der Waals surface area (Å²) in [6.45, 7) is 0. The Morgan fingerprint density at radius 1 is 1.32 bits per heavy atom. The Balaban J connectivity index is 1.86. The van der Waals surface area contributed by atoms with Crippen molar-refractivity contribution in [2.75, 3.05) is 11.9 Å². The monoisotopic (exact) mass is 275 g/mol. The fraction of sp³-hybridized carbons (Fsp3) is 0.533. The van der Waals surface area contributed by atoms with Crippen LogP contribution in [0.15, 0.2) is 18.2 Å². The molecule has 0 spiro atoms.